The molecular weight excluding hydrogens is 398 g/mol. The van der Waals surface area contributed by atoms with Crippen molar-refractivity contribution in [3.05, 3.63) is 59.7 Å². The predicted octanol–water partition coefficient (Wildman–Crippen LogP) is 4.98. The van der Waals surface area contributed by atoms with Crippen LogP contribution in [0.4, 0.5) is 11.4 Å². The van der Waals surface area contributed by atoms with Crippen LogP contribution < -0.4 is 15.5 Å². The van der Waals surface area contributed by atoms with Gasteiger partial charge in [-0.25, -0.2) is 0 Å². The highest BCUT2D eigenvalue weighted by Gasteiger charge is 2.23. The number of carbonyl (C=O) groups excluding carboxylic acids is 2. The van der Waals surface area contributed by atoms with Gasteiger partial charge < -0.3 is 15.5 Å². The highest BCUT2D eigenvalue weighted by molar-refractivity contribution is 6.32. The van der Waals surface area contributed by atoms with Gasteiger partial charge in [-0.1, -0.05) is 37.3 Å². The van der Waals surface area contributed by atoms with Crippen molar-refractivity contribution in [2.75, 3.05) is 23.3 Å². The quantitative estimate of drug-likeness (QED) is 0.639. The molecule has 0 aliphatic carbocycles. The Balaban J connectivity index is 1.83. The van der Waals surface area contributed by atoms with Gasteiger partial charge in [-0.05, 0) is 56.4 Å². The number of benzene rings is 2. The van der Waals surface area contributed by atoms with Crippen LogP contribution in [0.2, 0.25) is 0 Å². The van der Waals surface area contributed by atoms with Gasteiger partial charge in [-0.15, -0.1) is 11.6 Å². The molecule has 6 heteroatoms. The zero-order chi connectivity index (χ0) is 21.7. The zero-order valence-electron chi connectivity index (χ0n) is 17.8. The maximum absolute atomic E-state index is 12.9. The molecule has 5 nitrogen and oxygen atoms in total. The van der Waals surface area contributed by atoms with Gasteiger partial charge in [0.05, 0.1) is 5.56 Å². The molecule has 0 unspecified atom stereocenters. The number of alkyl halides is 1. The molecule has 1 heterocycles. The van der Waals surface area contributed by atoms with E-state index in [1.165, 1.54) is 0 Å². The van der Waals surface area contributed by atoms with E-state index in [2.05, 4.69) is 22.5 Å². The summed E-state index contributed by atoms with van der Waals surface area (Å²) < 4.78 is 0. The van der Waals surface area contributed by atoms with Crippen molar-refractivity contribution in [1.29, 1.82) is 0 Å². The van der Waals surface area contributed by atoms with Gasteiger partial charge in [0.15, 0.2) is 0 Å². The molecule has 30 heavy (non-hydrogen) atoms. The number of nitrogens with one attached hydrogen (secondary N) is 2. The standard InChI is InChI=1S/C24H30ClN3O2/c1-16(2)26-23(29)20-15-19(9-10-21(20)28-13-11-17(3)12-14-28)27-24(30)22(25)18-7-5-4-6-8-18/h4-10,15-17,22H,11-14H2,1-3H3,(H,26,29)(H,27,30)/t22-/m1/s1. The first-order valence-corrected chi connectivity index (χ1v) is 11.0. The third-order valence-electron chi connectivity index (χ3n) is 5.38. The van der Waals surface area contributed by atoms with Crippen molar-refractivity contribution in [2.45, 2.75) is 45.0 Å². The molecule has 2 amide bonds. The van der Waals surface area contributed by atoms with Crippen molar-refractivity contribution in [3.8, 4) is 0 Å². The molecule has 1 aliphatic rings. The summed E-state index contributed by atoms with van der Waals surface area (Å²) in [5.41, 5.74) is 2.77. The smallest absolute Gasteiger partial charge is 0.253 e. The van der Waals surface area contributed by atoms with E-state index in [4.69, 9.17) is 11.6 Å². The Hall–Kier alpha value is -2.53. The Bertz CT molecular complexity index is 877. The average molecular weight is 428 g/mol. The summed E-state index contributed by atoms with van der Waals surface area (Å²) in [7, 11) is 0. The third-order valence-corrected chi connectivity index (χ3v) is 5.83. The van der Waals surface area contributed by atoms with Gasteiger partial charge >= 0.3 is 0 Å². The Morgan fingerprint density at radius 2 is 1.73 bits per heavy atom. The molecule has 1 aliphatic heterocycles. The molecule has 3 rings (SSSR count). The summed E-state index contributed by atoms with van der Waals surface area (Å²) in [5.74, 6) is 0.240. The third kappa shape index (κ3) is 5.54. The van der Waals surface area contributed by atoms with Gasteiger partial charge in [0, 0.05) is 30.5 Å². The van der Waals surface area contributed by atoms with E-state index in [9.17, 15) is 9.59 Å². The van der Waals surface area contributed by atoms with Gasteiger partial charge in [-0.2, -0.15) is 0 Å². The molecule has 1 atom stereocenters. The summed E-state index contributed by atoms with van der Waals surface area (Å²) in [6, 6.07) is 14.7. The molecular formula is C24H30ClN3O2. The van der Waals surface area contributed by atoms with Crippen LogP contribution in [0, 0.1) is 5.92 Å². The van der Waals surface area contributed by atoms with Crippen LogP contribution in [-0.2, 0) is 4.79 Å². The van der Waals surface area contributed by atoms with Crippen molar-refractivity contribution >= 4 is 34.8 Å². The summed E-state index contributed by atoms with van der Waals surface area (Å²) in [6.07, 6.45) is 2.21. The van der Waals surface area contributed by atoms with E-state index >= 15 is 0 Å². The minimum Gasteiger partial charge on any atom is -0.371 e. The van der Waals surface area contributed by atoms with Crippen molar-refractivity contribution in [2.24, 2.45) is 5.92 Å². The lowest BCUT2D eigenvalue weighted by Crippen LogP contribution is -2.36. The molecule has 1 saturated heterocycles. The number of piperidine rings is 1. The van der Waals surface area contributed by atoms with Crippen molar-refractivity contribution in [1.82, 2.24) is 5.32 Å². The topological polar surface area (TPSA) is 61.4 Å². The second-order valence-electron chi connectivity index (χ2n) is 8.29. The number of hydrogen-bond acceptors (Lipinski definition) is 3. The van der Waals surface area contributed by atoms with E-state index in [-0.39, 0.29) is 17.9 Å². The molecule has 0 aromatic heterocycles. The van der Waals surface area contributed by atoms with Crippen LogP contribution in [0.3, 0.4) is 0 Å². The minimum atomic E-state index is -0.803. The number of amides is 2. The summed E-state index contributed by atoms with van der Waals surface area (Å²) in [4.78, 5) is 27.8. The molecule has 1 fully saturated rings. The molecule has 0 radical (unpaired) electrons. The number of rotatable bonds is 6. The van der Waals surface area contributed by atoms with Crippen molar-refractivity contribution in [3.63, 3.8) is 0 Å². The second-order valence-corrected chi connectivity index (χ2v) is 8.73. The van der Waals surface area contributed by atoms with Crippen LogP contribution in [0.25, 0.3) is 0 Å². The van der Waals surface area contributed by atoms with Crippen molar-refractivity contribution < 1.29 is 9.59 Å². The highest BCUT2D eigenvalue weighted by atomic mass is 35.5. The normalized spacial score (nSPS) is 15.7. The number of nitrogens with zero attached hydrogens (tertiary/aromatic N) is 1. The van der Waals surface area contributed by atoms with E-state index < -0.39 is 5.38 Å². The highest BCUT2D eigenvalue weighted by Crippen LogP contribution is 2.30. The SMILES string of the molecule is CC1CCN(c2ccc(NC(=O)[C@H](Cl)c3ccccc3)cc2C(=O)NC(C)C)CC1. The number of halogens is 1. The first kappa shape index (κ1) is 22.2. The molecule has 2 N–H and O–H groups in total. The van der Waals surface area contributed by atoms with Crippen LogP contribution >= 0.6 is 11.6 Å². The van der Waals surface area contributed by atoms with Crippen LogP contribution in [0.5, 0.6) is 0 Å². The maximum Gasteiger partial charge on any atom is 0.253 e. The Kier molecular flexibility index (Phi) is 7.38. The number of hydrogen-bond donors (Lipinski definition) is 2. The molecule has 0 spiro atoms. The minimum absolute atomic E-state index is 0.0234. The largest absolute Gasteiger partial charge is 0.371 e. The summed E-state index contributed by atoms with van der Waals surface area (Å²) in [5, 5.41) is 5.03. The first-order chi connectivity index (χ1) is 14.3. The van der Waals surface area contributed by atoms with Gasteiger partial charge in [0.25, 0.3) is 5.91 Å². The fourth-order valence-corrected chi connectivity index (χ4v) is 3.84. The lowest BCUT2D eigenvalue weighted by Gasteiger charge is -2.33. The Morgan fingerprint density at radius 3 is 2.37 bits per heavy atom. The Labute approximate surface area is 183 Å². The molecule has 0 bridgehead atoms. The fourth-order valence-electron chi connectivity index (χ4n) is 3.64. The molecule has 160 valence electrons. The van der Waals surface area contributed by atoms with Crippen LogP contribution in [0.15, 0.2) is 48.5 Å². The Morgan fingerprint density at radius 1 is 1.07 bits per heavy atom. The summed E-state index contributed by atoms with van der Waals surface area (Å²) in [6.45, 7) is 7.98. The lowest BCUT2D eigenvalue weighted by molar-refractivity contribution is -0.116. The first-order valence-electron chi connectivity index (χ1n) is 10.5. The fraction of sp³-hybridized carbons (Fsp3) is 0.417. The van der Waals surface area contributed by atoms with Gasteiger partial charge in [0.2, 0.25) is 5.91 Å². The number of anilines is 2. The zero-order valence-corrected chi connectivity index (χ0v) is 18.6. The predicted molar refractivity (Wildman–Crippen MR) is 123 cm³/mol. The average Bonchev–Trinajstić information content (AvgIpc) is 2.74. The molecule has 0 saturated carbocycles. The summed E-state index contributed by atoms with van der Waals surface area (Å²) >= 11 is 6.34. The molecule has 2 aromatic carbocycles. The van der Waals surface area contributed by atoms with E-state index in [0.717, 1.165) is 37.2 Å². The number of carbonyl (C=O) groups is 2. The monoisotopic (exact) mass is 427 g/mol. The lowest BCUT2D eigenvalue weighted by atomic mass is 9.97. The van der Waals surface area contributed by atoms with Crippen LogP contribution in [-0.4, -0.2) is 30.9 Å². The van der Waals surface area contributed by atoms with Gasteiger partial charge in [-0.3, -0.25) is 9.59 Å². The van der Waals surface area contributed by atoms with E-state index in [1.807, 2.05) is 56.3 Å². The van der Waals surface area contributed by atoms with E-state index in [0.29, 0.717) is 17.2 Å². The van der Waals surface area contributed by atoms with Gasteiger partial charge in [0.1, 0.15) is 5.38 Å². The van der Waals surface area contributed by atoms with Crippen LogP contribution in [0.1, 0.15) is 54.9 Å². The molecule has 2 aromatic rings. The maximum atomic E-state index is 12.9. The van der Waals surface area contributed by atoms with E-state index in [1.54, 1.807) is 6.07 Å². The second kappa shape index (κ2) is 9.98.